The van der Waals surface area contributed by atoms with Crippen molar-refractivity contribution in [3.05, 3.63) is 23.2 Å². The van der Waals surface area contributed by atoms with Gasteiger partial charge in [-0.2, -0.15) is 0 Å². The van der Waals surface area contributed by atoms with Crippen molar-refractivity contribution in [2.45, 2.75) is 0 Å². The summed E-state index contributed by atoms with van der Waals surface area (Å²) < 4.78 is 0. The lowest BCUT2D eigenvalue weighted by Crippen LogP contribution is -2.29. The molecule has 0 radical (unpaired) electrons. The molecule has 0 saturated carbocycles. The van der Waals surface area contributed by atoms with Crippen LogP contribution < -0.4 is 16.2 Å². The summed E-state index contributed by atoms with van der Waals surface area (Å²) in [4.78, 5) is 1.81. The maximum absolute atomic E-state index is 8.92. The summed E-state index contributed by atoms with van der Waals surface area (Å²) in [7, 11) is 0. The summed E-state index contributed by atoms with van der Waals surface area (Å²) in [6.07, 6.45) is 0. The van der Waals surface area contributed by atoms with Gasteiger partial charge in [-0.1, -0.05) is 11.6 Å². The van der Waals surface area contributed by atoms with Gasteiger partial charge in [0.25, 0.3) is 0 Å². The third-order valence-corrected chi connectivity index (χ3v) is 2.50. The Labute approximate surface area is 99.4 Å². The number of aliphatic hydroxyl groups excluding tert-OH is 2. The van der Waals surface area contributed by atoms with Crippen LogP contribution in [-0.2, 0) is 0 Å². The highest BCUT2D eigenvalue weighted by Crippen LogP contribution is 2.28. The Morgan fingerprint density at radius 1 is 1.25 bits per heavy atom. The zero-order valence-electron chi connectivity index (χ0n) is 8.86. The van der Waals surface area contributed by atoms with E-state index in [1.807, 2.05) is 4.90 Å². The molecule has 6 heteroatoms. The van der Waals surface area contributed by atoms with Crippen LogP contribution in [-0.4, -0.2) is 36.5 Å². The first-order valence-electron chi connectivity index (χ1n) is 4.95. The zero-order chi connectivity index (χ0) is 12.0. The van der Waals surface area contributed by atoms with Gasteiger partial charge in [0.1, 0.15) is 0 Å². The van der Waals surface area contributed by atoms with Crippen LogP contribution in [0.4, 0.5) is 11.4 Å². The quantitative estimate of drug-likeness (QED) is 0.431. The van der Waals surface area contributed by atoms with Crippen LogP contribution in [0, 0.1) is 0 Å². The molecule has 0 fully saturated rings. The highest BCUT2D eigenvalue weighted by molar-refractivity contribution is 6.33. The lowest BCUT2D eigenvalue weighted by molar-refractivity contribution is 0.281. The number of hydrazine groups is 1. The molecule has 0 bridgehead atoms. The number of aliphatic hydroxyl groups is 2. The summed E-state index contributed by atoms with van der Waals surface area (Å²) in [5.41, 5.74) is 3.97. The maximum atomic E-state index is 8.92. The van der Waals surface area contributed by atoms with E-state index in [9.17, 15) is 0 Å². The van der Waals surface area contributed by atoms with E-state index in [1.165, 1.54) is 0 Å². The topological polar surface area (TPSA) is 81.8 Å². The smallest absolute Gasteiger partial charge is 0.0660 e. The number of rotatable bonds is 6. The molecule has 1 aromatic rings. The molecule has 0 unspecified atom stereocenters. The molecule has 0 aliphatic carbocycles. The monoisotopic (exact) mass is 245 g/mol. The number of nitrogens with zero attached hydrogens (tertiary/aromatic N) is 1. The van der Waals surface area contributed by atoms with Crippen LogP contribution in [0.25, 0.3) is 0 Å². The number of hydrogen-bond donors (Lipinski definition) is 4. The van der Waals surface area contributed by atoms with Gasteiger partial charge in [0.2, 0.25) is 0 Å². The average Bonchev–Trinajstić information content (AvgIpc) is 2.29. The first kappa shape index (κ1) is 13.1. The Bertz CT molecular complexity index is 330. The molecule has 0 aromatic heterocycles. The standard InChI is InChI=1S/C10H16ClN3O2/c11-9-7-8(13-12)1-2-10(9)14(3-5-15)4-6-16/h1-2,7,13,15-16H,3-6,12H2. The molecule has 90 valence electrons. The number of hydrogen-bond acceptors (Lipinski definition) is 5. The molecule has 0 atom stereocenters. The van der Waals surface area contributed by atoms with Crippen molar-refractivity contribution >= 4 is 23.0 Å². The second-order valence-corrected chi connectivity index (χ2v) is 3.65. The van der Waals surface area contributed by atoms with Gasteiger partial charge >= 0.3 is 0 Å². The molecular weight excluding hydrogens is 230 g/mol. The molecule has 5 N–H and O–H groups in total. The Hall–Kier alpha value is -1.01. The first-order chi connectivity index (χ1) is 7.72. The molecule has 16 heavy (non-hydrogen) atoms. The van der Waals surface area contributed by atoms with Gasteiger partial charge in [-0.3, -0.25) is 5.84 Å². The highest BCUT2D eigenvalue weighted by Gasteiger charge is 2.09. The van der Waals surface area contributed by atoms with Gasteiger partial charge < -0.3 is 20.5 Å². The van der Waals surface area contributed by atoms with Crippen LogP contribution in [0.5, 0.6) is 0 Å². The summed E-state index contributed by atoms with van der Waals surface area (Å²) >= 11 is 6.07. The van der Waals surface area contributed by atoms with Crippen LogP contribution >= 0.6 is 11.6 Å². The van der Waals surface area contributed by atoms with Crippen LogP contribution in [0.2, 0.25) is 5.02 Å². The van der Waals surface area contributed by atoms with Gasteiger partial charge in [-0.25, -0.2) is 0 Å². The number of anilines is 2. The fraction of sp³-hybridized carbons (Fsp3) is 0.400. The van der Waals surface area contributed by atoms with Crippen molar-refractivity contribution in [3.8, 4) is 0 Å². The number of nitrogen functional groups attached to an aromatic ring is 1. The Morgan fingerprint density at radius 2 is 1.88 bits per heavy atom. The molecule has 0 aliphatic rings. The molecule has 0 spiro atoms. The maximum Gasteiger partial charge on any atom is 0.0660 e. The normalized spacial score (nSPS) is 10.2. The summed E-state index contributed by atoms with van der Waals surface area (Å²) in [6.45, 7) is 0.867. The van der Waals surface area contributed by atoms with Gasteiger partial charge in [0.15, 0.2) is 0 Å². The number of nitrogens with two attached hydrogens (primary N) is 1. The average molecular weight is 246 g/mol. The molecule has 0 amide bonds. The van der Waals surface area contributed by atoms with E-state index in [0.717, 1.165) is 5.69 Å². The van der Waals surface area contributed by atoms with Gasteiger partial charge in [-0.05, 0) is 18.2 Å². The van der Waals surface area contributed by atoms with Crippen molar-refractivity contribution < 1.29 is 10.2 Å². The van der Waals surface area contributed by atoms with E-state index in [-0.39, 0.29) is 13.2 Å². The lowest BCUT2D eigenvalue weighted by Gasteiger charge is -2.24. The number of benzene rings is 1. The van der Waals surface area contributed by atoms with E-state index in [2.05, 4.69) is 5.43 Å². The van der Waals surface area contributed by atoms with E-state index in [4.69, 9.17) is 27.7 Å². The molecule has 0 saturated heterocycles. The van der Waals surface area contributed by atoms with E-state index >= 15 is 0 Å². The molecule has 5 nitrogen and oxygen atoms in total. The number of nitrogens with one attached hydrogen (secondary N) is 1. The Morgan fingerprint density at radius 3 is 2.31 bits per heavy atom. The van der Waals surface area contributed by atoms with E-state index in [1.54, 1.807) is 18.2 Å². The SMILES string of the molecule is NNc1ccc(N(CCO)CCO)c(Cl)c1. The van der Waals surface area contributed by atoms with Crippen molar-refractivity contribution in [1.29, 1.82) is 0 Å². The molecule has 0 heterocycles. The summed E-state index contributed by atoms with van der Waals surface area (Å²) in [6, 6.07) is 5.27. The highest BCUT2D eigenvalue weighted by atomic mass is 35.5. The fourth-order valence-electron chi connectivity index (χ4n) is 1.45. The van der Waals surface area contributed by atoms with Crippen molar-refractivity contribution in [3.63, 3.8) is 0 Å². The molecule has 1 aromatic carbocycles. The van der Waals surface area contributed by atoms with Gasteiger partial charge in [0, 0.05) is 13.1 Å². The molecular formula is C10H16ClN3O2. The largest absolute Gasteiger partial charge is 0.395 e. The molecule has 0 aliphatic heterocycles. The Kier molecular flexibility index (Phi) is 5.34. The van der Waals surface area contributed by atoms with E-state index in [0.29, 0.717) is 23.8 Å². The van der Waals surface area contributed by atoms with E-state index < -0.39 is 0 Å². The minimum atomic E-state index is 0.00716. The van der Waals surface area contributed by atoms with Crippen LogP contribution in [0.3, 0.4) is 0 Å². The second-order valence-electron chi connectivity index (χ2n) is 3.24. The number of halogens is 1. The van der Waals surface area contributed by atoms with Crippen molar-refractivity contribution in [1.82, 2.24) is 0 Å². The van der Waals surface area contributed by atoms with Crippen LogP contribution in [0.15, 0.2) is 18.2 Å². The van der Waals surface area contributed by atoms with Crippen molar-refractivity contribution in [2.24, 2.45) is 5.84 Å². The molecule has 1 rings (SSSR count). The minimum Gasteiger partial charge on any atom is -0.395 e. The first-order valence-corrected chi connectivity index (χ1v) is 5.33. The predicted molar refractivity (Wildman–Crippen MR) is 65.6 cm³/mol. The predicted octanol–water partition coefficient (Wildman–Crippen LogP) is 0.417. The van der Waals surface area contributed by atoms with Gasteiger partial charge in [0.05, 0.1) is 29.6 Å². The fourth-order valence-corrected chi connectivity index (χ4v) is 1.75. The van der Waals surface area contributed by atoms with Crippen molar-refractivity contribution in [2.75, 3.05) is 36.6 Å². The Balaban J connectivity index is 2.90. The summed E-state index contributed by atoms with van der Waals surface area (Å²) in [5, 5.41) is 18.4. The summed E-state index contributed by atoms with van der Waals surface area (Å²) in [5.74, 6) is 5.26. The third kappa shape index (κ3) is 3.24. The van der Waals surface area contributed by atoms with Crippen LogP contribution in [0.1, 0.15) is 0 Å². The van der Waals surface area contributed by atoms with Gasteiger partial charge in [-0.15, -0.1) is 0 Å². The third-order valence-electron chi connectivity index (χ3n) is 2.19. The minimum absolute atomic E-state index is 0.00716. The lowest BCUT2D eigenvalue weighted by atomic mass is 10.2. The zero-order valence-corrected chi connectivity index (χ0v) is 9.61. The second kappa shape index (κ2) is 6.55.